The average Bonchev–Trinajstić information content (AvgIpc) is 3.04. The minimum atomic E-state index is -0.0283. The Balaban J connectivity index is 1.71. The first kappa shape index (κ1) is 15.1. The van der Waals surface area contributed by atoms with Crippen molar-refractivity contribution in [1.29, 1.82) is 0 Å². The van der Waals surface area contributed by atoms with E-state index in [2.05, 4.69) is 23.8 Å². The summed E-state index contributed by atoms with van der Waals surface area (Å²) >= 11 is 1.59. The van der Waals surface area contributed by atoms with E-state index in [4.69, 9.17) is 4.98 Å². The SMILES string of the molecule is CC1(C)CC(=O)c2ccc(-c3ncc(-c4cccnc4)s3)nc2C1. The van der Waals surface area contributed by atoms with Gasteiger partial charge < -0.3 is 0 Å². The third kappa shape index (κ3) is 2.76. The molecule has 4 rings (SSSR count). The Morgan fingerprint density at radius 2 is 2.00 bits per heavy atom. The highest BCUT2D eigenvalue weighted by Crippen LogP contribution is 2.36. The summed E-state index contributed by atoms with van der Waals surface area (Å²) in [7, 11) is 0. The fourth-order valence-corrected chi connectivity index (χ4v) is 3.97. The van der Waals surface area contributed by atoms with Crippen LogP contribution in [0.15, 0.2) is 42.9 Å². The molecule has 0 spiro atoms. The highest BCUT2D eigenvalue weighted by molar-refractivity contribution is 7.18. The number of aromatic nitrogens is 3. The number of carbonyl (C=O) groups excluding carboxylic acids is 1. The fourth-order valence-electron chi connectivity index (χ4n) is 3.09. The molecule has 1 aliphatic rings. The van der Waals surface area contributed by atoms with Gasteiger partial charge in [-0.15, -0.1) is 11.3 Å². The summed E-state index contributed by atoms with van der Waals surface area (Å²) in [5, 5.41) is 0.868. The van der Waals surface area contributed by atoms with Crippen LogP contribution in [0.2, 0.25) is 0 Å². The summed E-state index contributed by atoms with van der Waals surface area (Å²) in [4.78, 5) is 26.8. The van der Waals surface area contributed by atoms with Gasteiger partial charge in [-0.2, -0.15) is 0 Å². The van der Waals surface area contributed by atoms with Gasteiger partial charge in [-0.3, -0.25) is 9.78 Å². The van der Waals surface area contributed by atoms with Crippen molar-refractivity contribution in [2.24, 2.45) is 5.41 Å². The lowest BCUT2D eigenvalue weighted by Crippen LogP contribution is -2.27. The van der Waals surface area contributed by atoms with E-state index in [0.717, 1.165) is 38.8 Å². The Labute approximate surface area is 144 Å². The predicted octanol–water partition coefficient (Wildman–Crippen LogP) is 4.42. The van der Waals surface area contributed by atoms with Crippen LogP contribution in [-0.4, -0.2) is 20.7 Å². The second-order valence-electron chi connectivity index (χ2n) is 6.90. The number of nitrogens with zero attached hydrogens (tertiary/aromatic N) is 3. The molecule has 0 atom stereocenters. The summed E-state index contributed by atoms with van der Waals surface area (Å²) in [6.45, 7) is 4.23. The third-order valence-corrected chi connectivity index (χ3v) is 5.30. The van der Waals surface area contributed by atoms with Crippen LogP contribution in [0.1, 0.15) is 36.3 Å². The van der Waals surface area contributed by atoms with E-state index in [1.54, 1.807) is 17.5 Å². The van der Waals surface area contributed by atoms with Crippen LogP contribution in [-0.2, 0) is 6.42 Å². The first-order valence-corrected chi connectivity index (χ1v) is 8.73. The van der Waals surface area contributed by atoms with Gasteiger partial charge in [0.2, 0.25) is 0 Å². The molecule has 0 bridgehead atoms. The zero-order valence-corrected chi connectivity index (χ0v) is 14.4. The topological polar surface area (TPSA) is 55.7 Å². The normalized spacial score (nSPS) is 16.0. The average molecular weight is 335 g/mol. The second kappa shape index (κ2) is 5.60. The number of Topliss-reactive ketones (excluding diaryl/α,β-unsaturated/α-hetero) is 1. The van der Waals surface area contributed by atoms with E-state index >= 15 is 0 Å². The number of hydrogen-bond acceptors (Lipinski definition) is 5. The predicted molar refractivity (Wildman–Crippen MR) is 95.0 cm³/mol. The zero-order chi connectivity index (χ0) is 16.7. The van der Waals surface area contributed by atoms with Crippen LogP contribution >= 0.6 is 11.3 Å². The van der Waals surface area contributed by atoms with Crippen molar-refractivity contribution in [2.45, 2.75) is 26.7 Å². The lowest BCUT2D eigenvalue weighted by molar-refractivity contribution is 0.0910. The molecule has 1 aliphatic carbocycles. The maximum absolute atomic E-state index is 12.3. The molecular weight excluding hydrogens is 318 g/mol. The van der Waals surface area contributed by atoms with E-state index in [-0.39, 0.29) is 11.2 Å². The van der Waals surface area contributed by atoms with E-state index in [1.165, 1.54) is 0 Å². The number of thiazole rings is 1. The molecule has 120 valence electrons. The molecule has 0 unspecified atom stereocenters. The van der Waals surface area contributed by atoms with Crippen LogP contribution in [0.3, 0.4) is 0 Å². The van der Waals surface area contributed by atoms with Crippen molar-refractivity contribution in [3.05, 3.63) is 54.1 Å². The first-order chi connectivity index (χ1) is 11.5. The van der Waals surface area contributed by atoms with Crippen LogP contribution in [0.5, 0.6) is 0 Å². The Kier molecular flexibility index (Phi) is 3.53. The molecule has 0 aliphatic heterocycles. The van der Waals surface area contributed by atoms with Gasteiger partial charge in [-0.1, -0.05) is 19.9 Å². The van der Waals surface area contributed by atoms with Gasteiger partial charge in [-0.05, 0) is 30.0 Å². The molecule has 0 radical (unpaired) electrons. The quantitative estimate of drug-likeness (QED) is 0.695. The molecule has 0 saturated heterocycles. The van der Waals surface area contributed by atoms with Crippen molar-refractivity contribution in [2.75, 3.05) is 0 Å². The van der Waals surface area contributed by atoms with Gasteiger partial charge >= 0.3 is 0 Å². The minimum Gasteiger partial charge on any atom is -0.294 e. The number of hydrogen-bond donors (Lipinski definition) is 0. The Bertz CT molecular complexity index is 915. The minimum absolute atomic E-state index is 0.0283. The third-order valence-electron chi connectivity index (χ3n) is 4.23. The molecule has 0 amide bonds. The summed E-state index contributed by atoms with van der Waals surface area (Å²) in [5.41, 5.74) is 3.52. The van der Waals surface area contributed by atoms with Gasteiger partial charge in [0, 0.05) is 36.1 Å². The monoisotopic (exact) mass is 335 g/mol. The van der Waals surface area contributed by atoms with Gasteiger partial charge in [0.25, 0.3) is 0 Å². The summed E-state index contributed by atoms with van der Waals surface area (Å²) < 4.78 is 0. The number of ketones is 1. The van der Waals surface area contributed by atoms with Crippen LogP contribution in [0.4, 0.5) is 0 Å². The van der Waals surface area contributed by atoms with Crippen LogP contribution in [0.25, 0.3) is 21.1 Å². The van der Waals surface area contributed by atoms with Crippen molar-refractivity contribution >= 4 is 17.1 Å². The van der Waals surface area contributed by atoms with E-state index < -0.39 is 0 Å². The van der Waals surface area contributed by atoms with Crippen molar-refractivity contribution in [1.82, 2.24) is 15.0 Å². The Morgan fingerprint density at radius 3 is 2.79 bits per heavy atom. The second-order valence-corrected chi connectivity index (χ2v) is 7.93. The summed E-state index contributed by atoms with van der Waals surface area (Å²) in [6, 6.07) is 7.74. The van der Waals surface area contributed by atoms with Crippen molar-refractivity contribution in [3.63, 3.8) is 0 Å². The van der Waals surface area contributed by atoms with E-state index in [0.29, 0.717) is 6.42 Å². The zero-order valence-electron chi connectivity index (χ0n) is 13.6. The first-order valence-electron chi connectivity index (χ1n) is 7.92. The summed E-state index contributed by atoms with van der Waals surface area (Å²) in [6.07, 6.45) is 6.85. The number of carbonyl (C=O) groups is 1. The highest BCUT2D eigenvalue weighted by atomic mass is 32.1. The van der Waals surface area contributed by atoms with Gasteiger partial charge in [-0.25, -0.2) is 9.97 Å². The van der Waals surface area contributed by atoms with Crippen molar-refractivity contribution in [3.8, 4) is 21.1 Å². The molecule has 5 heteroatoms. The van der Waals surface area contributed by atoms with E-state index in [9.17, 15) is 4.79 Å². The molecular formula is C19H17N3OS. The van der Waals surface area contributed by atoms with Crippen molar-refractivity contribution < 1.29 is 4.79 Å². The number of pyridine rings is 2. The Morgan fingerprint density at radius 1 is 1.12 bits per heavy atom. The fraction of sp³-hybridized carbons (Fsp3) is 0.263. The lowest BCUT2D eigenvalue weighted by Gasteiger charge is -2.29. The molecule has 3 heterocycles. The van der Waals surface area contributed by atoms with Crippen LogP contribution in [0, 0.1) is 5.41 Å². The highest BCUT2D eigenvalue weighted by Gasteiger charge is 2.32. The maximum atomic E-state index is 12.3. The molecule has 0 aromatic carbocycles. The van der Waals surface area contributed by atoms with Gasteiger partial charge in [0.1, 0.15) is 5.01 Å². The number of fused-ring (bicyclic) bond motifs is 1. The Hall–Kier alpha value is -2.40. The number of rotatable bonds is 2. The molecule has 0 N–H and O–H groups in total. The largest absolute Gasteiger partial charge is 0.294 e. The van der Waals surface area contributed by atoms with Crippen LogP contribution < -0.4 is 0 Å². The van der Waals surface area contributed by atoms with Gasteiger partial charge in [0.05, 0.1) is 16.3 Å². The van der Waals surface area contributed by atoms with E-state index in [1.807, 2.05) is 36.7 Å². The molecule has 24 heavy (non-hydrogen) atoms. The molecule has 0 saturated carbocycles. The molecule has 3 aromatic rings. The molecule has 4 nitrogen and oxygen atoms in total. The summed E-state index contributed by atoms with van der Waals surface area (Å²) in [5.74, 6) is 0.190. The standard InChI is InChI=1S/C19H17N3OS/c1-19(2)8-15-13(16(23)9-19)5-6-14(22-15)18-21-11-17(24-18)12-4-3-7-20-10-12/h3-7,10-11H,8-9H2,1-2H3. The maximum Gasteiger partial charge on any atom is 0.165 e. The smallest absolute Gasteiger partial charge is 0.165 e. The molecule has 3 aromatic heterocycles. The molecule has 0 fully saturated rings. The lowest BCUT2D eigenvalue weighted by atomic mass is 9.75. The van der Waals surface area contributed by atoms with Gasteiger partial charge in [0.15, 0.2) is 5.78 Å².